The van der Waals surface area contributed by atoms with Crippen molar-refractivity contribution in [3.8, 4) is 0 Å². The van der Waals surface area contributed by atoms with Crippen molar-refractivity contribution in [3.05, 3.63) is 0 Å². The summed E-state index contributed by atoms with van der Waals surface area (Å²) in [5.74, 6) is 0.820. The Balaban J connectivity index is 2.59. The van der Waals surface area contributed by atoms with Gasteiger partial charge in [0, 0.05) is 18.5 Å². The van der Waals surface area contributed by atoms with Crippen molar-refractivity contribution in [2.24, 2.45) is 11.3 Å². The van der Waals surface area contributed by atoms with Crippen LogP contribution in [0.4, 0.5) is 0 Å². The van der Waals surface area contributed by atoms with Gasteiger partial charge in [0.25, 0.3) is 0 Å². The van der Waals surface area contributed by atoms with E-state index in [1.54, 1.807) is 0 Å². The number of hydrogen-bond donors (Lipinski definition) is 0. The van der Waals surface area contributed by atoms with E-state index in [1.165, 1.54) is 19.3 Å². The molecule has 12 heavy (non-hydrogen) atoms. The minimum Gasteiger partial charge on any atom is -0.381 e. The Morgan fingerprint density at radius 3 is 2.42 bits per heavy atom. The molecule has 1 aliphatic rings. The van der Waals surface area contributed by atoms with E-state index >= 15 is 0 Å². The second kappa shape index (κ2) is 4.61. The molecule has 0 bridgehead atoms. The number of hydrogen-bond acceptors (Lipinski definition) is 1. The van der Waals surface area contributed by atoms with Crippen molar-refractivity contribution in [2.45, 2.75) is 33.1 Å². The van der Waals surface area contributed by atoms with Gasteiger partial charge in [0.2, 0.25) is 0 Å². The monoisotopic (exact) mass is 234 g/mol. The van der Waals surface area contributed by atoms with Crippen LogP contribution in [0, 0.1) is 11.3 Å². The number of alkyl halides is 1. The van der Waals surface area contributed by atoms with Gasteiger partial charge >= 0.3 is 0 Å². The first-order chi connectivity index (χ1) is 5.75. The van der Waals surface area contributed by atoms with Gasteiger partial charge in [0.15, 0.2) is 0 Å². The van der Waals surface area contributed by atoms with E-state index in [9.17, 15) is 0 Å². The van der Waals surface area contributed by atoms with Crippen LogP contribution in [0.25, 0.3) is 0 Å². The quantitative estimate of drug-likeness (QED) is 0.682. The maximum atomic E-state index is 5.40. The zero-order valence-electron chi connectivity index (χ0n) is 8.11. The lowest BCUT2D eigenvalue weighted by Gasteiger charge is -2.40. The minimum atomic E-state index is 0.521. The summed E-state index contributed by atoms with van der Waals surface area (Å²) in [7, 11) is 0. The molecule has 2 heteroatoms. The van der Waals surface area contributed by atoms with Crippen molar-refractivity contribution < 1.29 is 4.74 Å². The molecule has 1 atom stereocenters. The van der Waals surface area contributed by atoms with E-state index in [0.717, 1.165) is 24.5 Å². The van der Waals surface area contributed by atoms with Gasteiger partial charge in [-0.05, 0) is 24.2 Å². The second-order valence-corrected chi connectivity index (χ2v) is 4.48. The van der Waals surface area contributed by atoms with Gasteiger partial charge in [-0.1, -0.05) is 36.2 Å². The van der Waals surface area contributed by atoms with Crippen molar-refractivity contribution in [3.63, 3.8) is 0 Å². The molecule has 0 amide bonds. The molecule has 1 saturated heterocycles. The highest BCUT2D eigenvalue weighted by atomic mass is 79.9. The van der Waals surface area contributed by atoms with Crippen molar-refractivity contribution in [2.75, 3.05) is 18.5 Å². The van der Waals surface area contributed by atoms with E-state index in [-0.39, 0.29) is 0 Å². The molecule has 0 aromatic rings. The van der Waals surface area contributed by atoms with Crippen LogP contribution in [0.5, 0.6) is 0 Å². The number of rotatable bonds is 3. The summed E-state index contributed by atoms with van der Waals surface area (Å²) in [5.41, 5.74) is 0.521. The minimum absolute atomic E-state index is 0.521. The molecule has 1 aliphatic heterocycles. The molecule has 0 aliphatic carbocycles. The highest BCUT2D eigenvalue weighted by Gasteiger charge is 2.35. The van der Waals surface area contributed by atoms with Crippen molar-refractivity contribution in [1.29, 1.82) is 0 Å². The molecule has 0 aromatic heterocycles. The Kier molecular flexibility index (Phi) is 4.04. The summed E-state index contributed by atoms with van der Waals surface area (Å²) in [5, 5.41) is 1.14. The third-order valence-corrected chi connectivity index (χ3v) is 4.53. The molecular weight excluding hydrogens is 216 g/mol. The molecule has 1 heterocycles. The molecule has 0 N–H and O–H groups in total. The maximum absolute atomic E-state index is 5.40. The van der Waals surface area contributed by atoms with Gasteiger partial charge in [0.05, 0.1) is 0 Å². The van der Waals surface area contributed by atoms with Crippen LogP contribution in [-0.2, 0) is 4.74 Å². The standard InChI is InChI=1S/C10H19BrO/c1-3-9(2)10(8-11)4-6-12-7-5-10/h9H,3-8H2,1-2H3. The van der Waals surface area contributed by atoms with E-state index in [2.05, 4.69) is 29.8 Å². The van der Waals surface area contributed by atoms with Gasteiger partial charge in [-0.15, -0.1) is 0 Å². The summed E-state index contributed by atoms with van der Waals surface area (Å²) in [6.45, 7) is 6.56. The fraction of sp³-hybridized carbons (Fsp3) is 1.00. The number of ether oxygens (including phenoxy) is 1. The third-order valence-electron chi connectivity index (χ3n) is 3.41. The molecule has 0 saturated carbocycles. The summed E-state index contributed by atoms with van der Waals surface area (Å²) in [6.07, 6.45) is 3.74. The largest absolute Gasteiger partial charge is 0.381 e. The Labute approximate surface area is 84.0 Å². The lowest BCUT2D eigenvalue weighted by atomic mass is 9.71. The maximum Gasteiger partial charge on any atom is 0.0471 e. The van der Waals surface area contributed by atoms with E-state index in [4.69, 9.17) is 4.74 Å². The average molecular weight is 235 g/mol. The van der Waals surface area contributed by atoms with Crippen molar-refractivity contribution >= 4 is 15.9 Å². The van der Waals surface area contributed by atoms with E-state index in [0.29, 0.717) is 5.41 Å². The van der Waals surface area contributed by atoms with Crippen LogP contribution in [0.3, 0.4) is 0 Å². The second-order valence-electron chi connectivity index (χ2n) is 3.92. The highest BCUT2D eigenvalue weighted by molar-refractivity contribution is 9.09. The molecule has 1 rings (SSSR count). The van der Waals surface area contributed by atoms with Gasteiger partial charge in [0.1, 0.15) is 0 Å². The van der Waals surface area contributed by atoms with Crippen LogP contribution in [0.15, 0.2) is 0 Å². The zero-order valence-corrected chi connectivity index (χ0v) is 9.69. The summed E-state index contributed by atoms with van der Waals surface area (Å²) in [6, 6.07) is 0. The first kappa shape index (κ1) is 10.5. The molecule has 72 valence electrons. The molecule has 0 aromatic carbocycles. The van der Waals surface area contributed by atoms with E-state index in [1.807, 2.05) is 0 Å². The lowest BCUT2D eigenvalue weighted by Crippen LogP contribution is -2.36. The normalized spacial score (nSPS) is 25.2. The number of halogens is 1. The summed E-state index contributed by atoms with van der Waals surface area (Å²) < 4.78 is 5.40. The first-order valence-electron chi connectivity index (χ1n) is 4.89. The third kappa shape index (κ3) is 2.02. The predicted octanol–water partition coefficient (Wildman–Crippen LogP) is 3.22. The Morgan fingerprint density at radius 2 is 2.00 bits per heavy atom. The Bertz CT molecular complexity index is 130. The Hall–Kier alpha value is 0.440. The first-order valence-corrected chi connectivity index (χ1v) is 6.01. The molecule has 1 nitrogen and oxygen atoms in total. The topological polar surface area (TPSA) is 9.23 Å². The molecular formula is C10H19BrO. The smallest absolute Gasteiger partial charge is 0.0471 e. The summed E-state index contributed by atoms with van der Waals surface area (Å²) >= 11 is 3.65. The molecule has 1 unspecified atom stereocenters. The van der Waals surface area contributed by atoms with Crippen LogP contribution >= 0.6 is 15.9 Å². The van der Waals surface area contributed by atoms with Crippen LogP contribution in [-0.4, -0.2) is 18.5 Å². The summed E-state index contributed by atoms with van der Waals surface area (Å²) in [4.78, 5) is 0. The molecule has 0 spiro atoms. The molecule has 0 radical (unpaired) electrons. The van der Waals surface area contributed by atoms with Gasteiger partial charge in [-0.3, -0.25) is 0 Å². The molecule has 1 fully saturated rings. The predicted molar refractivity (Wildman–Crippen MR) is 55.7 cm³/mol. The SMILES string of the molecule is CCC(C)C1(CBr)CCOCC1. The van der Waals surface area contributed by atoms with E-state index < -0.39 is 0 Å². The fourth-order valence-electron chi connectivity index (χ4n) is 1.97. The fourth-order valence-corrected chi connectivity index (χ4v) is 3.08. The average Bonchev–Trinajstić information content (AvgIpc) is 2.17. The lowest BCUT2D eigenvalue weighted by molar-refractivity contribution is -0.000862. The highest BCUT2D eigenvalue weighted by Crippen LogP contribution is 2.41. The van der Waals surface area contributed by atoms with Gasteiger partial charge < -0.3 is 4.74 Å². The van der Waals surface area contributed by atoms with Crippen LogP contribution < -0.4 is 0 Å². The zero-order chi connectivity index (χ0) is 9.03. The van der Waals surface area contributed by atoms with Gasteiger partial charge in [-0.2, -0.15) is 0 Å². The Morgan fingerprint density at radius 1 is 1.42 bits per heavy atom. The van der Waals surface area contributed by atoms with Gasteiger partial charge in [-0.25, -0.2) is 0 Å². The van der Waals surface area contributed by atoms with Crippen molar-refractivity contribution in [1.82, 2.24) is 0 Å². The van der Waals surface area contributed by atoms with Crippen LogP contribution in [0.2, 0.25) is 0 Å². The van der Waals surface area contributed by atoms with Crippen LogP contribution in [0.1, 0.15) is 33.1 Å².